The Hall–Kier alpha value is -2.73. The molecule has 0 radical (unpaired) electrons. The highest BCUT2D eigenvalue weighted by Gasteiger charge is 2.09. The van der Waals surface area contributed by atoms with Crippen LogP contribution in [0.25, 0.3) is 0 Å². The first-order chi connectivity index (χ1) is 12.7. The third-order valence-electron chi connectivity index (χ3n) is 3.65. The maximum Gasteiger partial charge on any atom is 0.234 e. The van der Waals surface area contributed by atoms with Gasteiger partial charge in [0.15, 0.2) is 5.16 Å². The second-order valence-corrected chi connectivity index (χ2v) is 6.56. The van der Waals surface area contributed by atoms with Gasteiger partial charge in [0.25, 0.3) is 0 Å². The molecular formula is C20H21N3O2S. The molecular weight excluding hydrogens is 346 g/mol. The van der Waals surface area contributed by atoms with Gasteiger partial charge in [0.2, 0.25) is 5.91 Å². The lowest BCUT2D eigenvalue weighted by Gasteiger charge is -2.09. The lowest BCUT2D eigenvalue weighted by atomic mass is 10.2. The first-order valence-electron chi connectivity index (χ1n) is 8.45. The number of nitrogens with zero attached hydrogens (tertiary/aromatic N) is 2. The van der Waals surface area contributed by atoms with Crippen molar-refractivity contribution in [2.45, 2.75) is 18.6 Å². The van der Waals surface area contributed by atoms with Gasteiger partial charge in [-0.2, -0.15) is 0 Å². The molecule has 3 rings (SSSR count). The van der Waals surface area contributed by atoms with E-state index < -0.39 is 0 Å². The van der Waals surface area contributed by atoms with Gasteiger partial charge in [-0.25, -0.2) is 4.98 Å². The molecule has 1 N–H and O–H groups in total. The summed E-state index contributed by atoms with van der Waals surface area (Å²) >= 11 is 1.43. The van der Waals surface area contributed by atoms with Gasteiger partial charge < -0.3 is 14.6 Å². The number of hydrogen-bond acceptors (Lipinski definition) is 4. The van der Waals surface area contributed by atoms with E-state index in [0.717, 1.165) is 23.1 Å². The number of rotatable bonds is 8. The van der Waals surface area contributed by atoms with Crippen LogP contribution in [-0.4, -0.2) is 27.8 Å². The number of carbonyl (C=O) groups is 1. The molecule has 5 nitrogen and oxygen atoms in total. The van der Waals surface area contributed by atoms with E-state index in [-0.39, 0.29) is 5.91 Å². The number of aromatic nitrogens is 2. The van der Waals surface area contributed by atoms with E-state index in [1.807, 2.05) is 60.2 Å². The van der Waals surface area contributed by atoms with Crippen molar-refractivity contribution in [2.24, 2.45) is 0 Å². The van der Waals surface area contributed by atoms with Crippen LogP contribution in [0.15, 0.2) is 72.1 Å². The molecule has 0 aliphatic carbocycles. The standard InChI is InChI=1S/C20H21N3O2S/c1-2-25-18-10-8-17(9-11-18)22-19(24)15-26-20-21-12-13-23(20)14-16-6-4-3-5-7-16/h3-13H,2,14-15H2,1H3,(H,22,24). The summed E-state index contributed by atoms with van der Waals surface area (Å²) in [6.07, 6.45) is 3.69. The van der Waals surface area contributed by atoms with Crippen LogP contribution in [0.4, 0.5) is 5.69 Å². The molecule has 3 aromatic rings. The molecule has 134 valence electrons. The molecule has 0 unspecified atom stereocenters. The molecule has 1 aromatic heterocycles. The first kappa shape index (κ1) is 18.1. The highest BCUT2D eigenvalue weighted by atomic mass is 32.2. The van der Waals surface area contributed by atoms with Gasteiger partial charge in [-0.15, -0.1) is 0 Å². The first-order valence-corrected chi connectivity index (χ1v) is 9.43. The molecule has 0 atom stereocenters. The molecule has 0 saturated carbocycles. The van der Waals surface area contributed by atoms with Crippen LogP contribution in [-0.2, 0) is 11.3 Å². The van der Waals surface area contributed by atoms with E-state index in [2.05, 4.69) is 22.4 Å². The van der Waals surface area contributed by atoms with E-state index in [4.69, 9.17) is 4.74 Å². The largest absolute Gasteiger partial charge is 0.494 e. The number of nitrogens with one attached hydrogen (secondary N) is 1. The second-order valence-electron chi connectivity index (χ2n) is 5.62. The molecule has 0 aliphatic heterocycles. The molecule has 1 amide bonds. The van der Waals surface area contributed by atoms with Crippen molar-refractivity contribution in [3.8, 4) is 5.75 Å². The zero-order valence-corrected chi connectivity index (χ0v) is 15.4. The van der Waals surface area contributed by atoms with Crippen LogP contribution < -0.4 is 10.1 Å². The highest BCUT2D eigenvalue weighted by molar-refractivity contribution is 7.99. The summed E-state index contributed by atoms with van der Waals surface area (Å²) < 4.78 is 7.44. The van der Waals surface area contributed by atoms with Crippen molar-refractivity contribution in [2.75, 3.05) is 17.7 Å². The van der Waals surface area contributed by atoms with E-state index >= 15 is 0 Å². The summed E-state index contributed by atoms with van der Waals surface area (Å²) in [6, 6.07) is 17.6. The molecule has 0 spiro atoms. The fourth-order valence-corrected chi connectivity index (χ4v) is 3.22. The molecule has 0 aliphatic rings. The average Bonchev–Trinajstić information content (AvgIpc) is 3.10. The monoisotopic (exact) mass is 367 g/mol. The summed E-state index contributed by atoms with van der Waals surface area (Å²) in [5, 5.41) is 3.72. The average molecular weight is 367 g/mol. The van der Waals surface area contributed by atoms with Gasteiger partial charge >= 0.3 is 0 Å². The fourth-order valence-electron chi connectivity index (χ4n) is 2.46. The number of ether oxygens (including phenoxy) is 1. The van der Waals surface area contributed by atoms with Crippen LogP contribution in [0, 0.1) is 0 Å². The van der Waals surface area contributed by atoms with Crippen LogP contribution >= 0.6 is 11.8 Å². The molecule has 1 heterocycles. The highest BCUT2D eigenvalue weighted by Crippen LogP contribution is 2.19. The van der Waals surface area contributed by atoms with Gasteiger partial charge in [0, 0.05) is 24.6 Å². The van der Waals surface area contributed by atoms with Crippen LogP contribution in [0.2, 0.25) is 0 Å². The fraction of sp³-hybridized carbons (Fsp3) is 0.200. The van der Waals surface area contributed by atoms with E-state index in [1.165, 1.54) is 17.3 Å². The quantitative estimate of drug-likeness (QED) is 0.610. The molecule has 0 saturated heterocycles. The summed E-state index contributed by atoms with van der Waals surface area (Å²) in [5.41, 5.74) is 1.96. The molecule has 26 heavy (non-hydrogen) atoms. The third-order valence-corrected chi connectivity index (χ3v) is 4.66. The lowest BCUT2D eigenvalue weighted by Crippen LogP contribution is -2.14. The predicted molar refractivity (Wildman–Crippen MR) is 105 cm³/mol. The van der Waals surface area contributed by atoms with Crippen LogP contribution in [0.3, 0.4) is 0 Å². The predicted octanol–water partition coefficient (Wildman–Crippen LogP) is 4.06. The van der Waals surface area contributed by atoms with Crippen molar-refractivity contribution < 1.29 is 9.53 Å². The van der Waals surface area contributed by atoms with E-state index in [1.54, 1.807) is 6.20 Å². The number of carbonyl (C=O) groups excluding carboxylic acids is 1. The zero-order valence-electron chi connectivity index (χ0n) is 14.6. The number of imidazole rings is 1. The Morgan fingerprint density at radius 3 is 2.65 bits per heavy atom. The Balaban J connectivity index is 1.52. The number of amides is 1. The third kappa shape index (κ3) is 5.13. The normalized spacial score (nSPS) is 10.5. The Morgan fingerprint density at radius 2 is 1.92 bits per heavy atom. The molecule has 2 aromatic carbocycles. The maximum absolute atomic E-state index is 12.2. The number of hydrogen-bond donors (Lipinski definition) is 1. The van der Waals surface area contributed by atoms with Crippen molar-refractivity contribution in [1.29, 1.82) is 0 Å². The Labute approximate surface area is 157 Å². The summed E-state index contributed by atoms with van der Waals surface area (Å²) in [4.78, 5) is 16.5. The zero-order chi connectivity index (χ0) is 18.2. The Bertz CT molecular complexity index is 832. The van der Waals surface area contributed by atoms with Gasteiger partial charge in [0.1, 0.15) is 5.75 Å². The van der Waals surface area contributed by atoms with Crippen molar-refractivity contribution in [1.82, 2.24) is 9.55 Å². The number of anilines is 1. The minimum absolute atomic E-state index is 0.0616. The van der Waals surface area contributed by atoms with Gasteiger partial charge in [-0.05, 0) is 36.8 Å². The lowest BCUT2D eigenvalue weighted by molar-refractivity contribution is -0.113. The van der Waals surface area contributed by atoms with Crippen molar-refractivity contribution in [3.63, 3.8) is 0 Å². The van der Waals surface area contributed by atoms with Crippen molar-refractivity contribution >= 4 is 23.4 Å². The minimum Gasteiger partial charge on any atom is -0.494 e. The number of thioether (sulfide) groups is 1. The van der Waals surface area contributed by atoms with Crippen LogP contribution in [0.1, 0.15) is 12.5 Å². The molecule has 0 bridgehead atoms. The smallest absolute Gasteiger partial charge is 0.234 e. The minimum atomic E-state index is -0.0616. The van der Waals surface area contributed by atoms with E-state index in [9.17, 15) is 4.79 Å². The maximum atomic E-state index is 12.2. The van der Waals surface area contributed by atoms with Crippen LogP contribution in [0.5, 0.6) is 5.75 Å². The summed E-state index contributed by atoms with van der Waals surface area (Å²) in [6.45, 7) is 3.30. The molecule has 0 fully saturated rings. The Morgan fingerprint density at radius 1 is 1.15 bits per heavy atom. The number of benzene rings is 2. The van der Waals surface area contributed by atoms with Gasteiger partial charge in [-0.1, -0.05) is 42.1 Å². The Kier molecular flexibility index (Phi) is 6.33. The second kappa shape index (κ2) is 9.10. The summed E-state index contributed by atoms with van der Waals surface area (Å²) in [7, 11) is 0. The summed E-state index contributed by atoms with van der Waals surface area (Å²) in [5.74, 6) is 1.04. The topological polar surface area (TPSA) is 56.1 Å². The van der Waals surface area contributed by atoms with Crippen molar-refractivity contribution in [3.05, 3.63) is 72.6 Å². The molecule has 6 heteroatoms. The van der Waals surface area contributed by atoms with E-state index in [0.29, 0.717) is 12.4 Å². The van der Waals surface area contributed by atoms with Gasteiger partial charge in [0.05, 0.1) is 12.4 Å². The SMILES string of the molecule is CCOc1ccc(NC(=O)CSc2nccn2Cc2ccccc2)cc1. The van der Waals surface area contributed by atoms with Gasteiger partial charge in [-0.3, -0.25) is 4.79 Å².